The Balaban J connectivity index is 2.04. The normalized spacial score (nSPS) is 13.9. The molecule has 0 amide bonds. The number of non-ortho nitro benzene ring substituents is 1. The van der Waals surface area contributed by atoms with Gasteiger partial charge in [-0.3, -0.25) is 10.1 Å². The Morgan fingerprint density at radius 2 is 1.90 bits per heavy atom. The van der Waals surface area contributed by atoms with Crippen LogP contribution in [-0.2, 0) is 0 Å². The first-order valence-corrected chi connectivity index (χ1v) is 7.27. The van der Waals surface area contributed by atoms with Crippen LogP contribution in [0.4, 0.5) is 5.69 Å². The Hall–Kier alpha value is -1.79. The molecule has 0 aliphatic rings. The number of nitro benzene ring substituents is 1. The highest BCUT2D eigenvalue weighted by Crippen LogP contribution is 2.23. The zero-order chi connectivity index (χ0) is 14.7. The predicted octanol–water partition coefficient (Wildman–Crippen LogP) is 3.77. The Morgan fingerprint density at radius 3 is 2.40 bits per heavy atom. The summed E-state index contributed by atoms with van der Waals surface area (Å²) in [6, 6.07) is 6.90. The maximum absolute atomic E-state index is 10.6. The first kappa shape index (κ1) is 14.6. The molecule has 0 radical (unpaired) electrons. The maximum atomic E-state index is 10.6. The molecule has 2 atom stereocenters. The molecule has 5 nitrogen and oxygen atoms in total. The molecule has 0 bridgehead atoms. The molecule has 1 N–H and O–H groups in total. The molecule has 0 spiro atoms. The quantitative estimate of drug-likeness (QED) is 0.672. The van der Waals surface area contributed by atoms with Crippen molar-refractivity contribution in [3.05, 3.63) is 56.0 Å². The zero-order valence-electron chi connectivity index (χ0n) is 11.7. The molecule has 20 heavy (non-hydrogen) atoms. The van der Waals surface area contributed by atoms with Crippen molar-refractivity contribution in [1.29, 1.82) is 0 Å². The lowest BCUT2D eigenvalue weighted by atomic mass is 10.1. The number of rotatable bonds is 5. The maximum Gasteiger partial charge on any atom is 0.269 e. The van der Waals surface area contributed by atoms with Crippen molar-refractivity contribution in [2.75, 3.05) is 0 Å². The van der Waals surface area contributed by atoms with Gasteiger partial charge in [0.05, 0.1) is 11.0 Å². The lowest BCUT2D eigenvalue weighted by Crippen LogP contribution is -2.22. The fourth-order valence-corrected chi connectivity index (χ4v) is 2.81. The molecule has 2 aromatic rings. The monoisotopic (exact) mass is 291 g/mol. The summed E-state index contributed by atoms with van der Waals surface area (Å²) in [6.45, 7) is 6.09. The molecule has 106 valence electrons. The minimum absolute atomic E-state index is 0.106. The molecule has 0 fully saturated rings. The highest BCUT2D eigenvalue weighted by molar-refractivity contribution is 7.09. The number of benzene rings is 1. The minimum Gasteiger partial charge on any atom is -0.302 e. The van der Waals surface area contributed by atoms with E-state index in [1.54, 1.807) is 23.5 Å². The topological polar surface area (TPSA) is 68.1 Å². The van der Waals surface area contributed by atoms with Gasteiger partial charge in [-0.15, -0.1) is 11.3 Å². The molecule has 0 saturated heterocycles. The Morgan fingerprint density at radius 1 is 1.25 bits per heavy atom. The van der Waals surface area contributed by atoms with E-state index in [-0.39, 0.29) is 22.7 Å². The Kier molecular flexibility index (Phi) is 4.46. The highest BCUT2D eigenvalue weighted by atomic mass is 32.1. The van der Waals surface area contributed by atoms with Crippen molar-refractivity contribution in [1.82, 2.24) is 10.3 Å². The Labute approximate surface area is 121 Å². The van der Waals surface area contributed by atoms with Gasteiger partial charge in [0.25, 0.3) is 5.69 Å². The fourth-order valence-electron chi connectivity index (χ4n) is 2.00. The second-order valence-corrected chi connectivity index (χ2v) is 5.68. The molecule has 6 heteroatoms. The van der Waals surface area contributed by atoms with Crippen LogP contribution < -0.4 is 5.32 Å². The van der Waals surface area contributed by atoms with Crippen LogP contribution >= 0.6 is 11.3 Å². The summed E-state index contributed by atoms with van der Waals surface area (Å²) >= 11 is 1.64. The van der Waals surface area contributed by atoms with E-state index < -0.39 is 0 Å². The van der Waals surface area contributed by atoms with Crippen LogP contribution in [0.1, 0.15) is 42.2 Å². The molecule has 0 aliphatic carbocycles. The molecule has 0 saturated carbocycles. The van der Waals surface area contributed by atoms with Crippen molar-refractivity contribution < 1.29 is 4.92 Å². The second kappa shape index (κ2) is 6.11. The van der Waals surface area contributed by atoms with E-state index in [2.05, 4.69) is 17.2 Å². The van der Waals surface area contributed by atoms with E-state index in [9.17, 15) is 10.1 Å². The van der Waals surface area contributed by atoms with Crippen molar-refractivity contribution in [2.45, 2.75) is 32.9 Å². The highest BCUT2D eigenvalue weighted by Gasteiger charge is 2.14. The summed E-state index contributed by atoms with van der Waals surface area (Å²) in [7, 11) is 0. The number of nitrogens with zero attached hydrogens (tertiary/aromatic N) is 2. The van der Waals surface area contributed by atoms with Crippen molar-refractivity contribution >= 4 is 17.0 Å². The van der Waals surface area contributed by atoms with Crippen LogP contribution in [0.3, 0.4) is 0 Å². The summed E-state index contributed by atoms with van der Waals surface area (Å²) < 4.78 is 0. The predicted molar refractivity (Wildman–Crippen MR) is 79.9 cm³/mol. The van der Waals surface area contributed by atoms with Crippen LogP contribution in [0.25, 0.3) is 0 Å². The zero-order valence-corrected chi connectivity index (χ0v) is 12.5. The van der Waals surface area contributed by atoms with Gasteiger partial charge in [-0.2, -0.15) is 0 Å². The fraction of sp³-hybridized carbons (Fsp3) is 0.357. The van der Waals surface area contributed by atoms with E-state index in [1.165, 1.54) is 12.1 Å². The van der Waals surface area contributed by atoms with Crippen LogP contribution in [0.5, 0.6) is 0 Å². The largest absolute Gasteiger partial charge is 0.302 e. The van der Waals surface area contributed by atoms with Gasteiger partial charge in [0.2, 0.25) is 0 Å². The van der Waals surface area contributed by atoms with E-state index in [0.29, 0.717) is 0 Å². The smallest absolute Gasteiger partial charge is 0.269 e. The summed E-state index contributed by atoms with van der Waals surface area (Å²) in [5.74, 6) is 0. The van der Waals surface area contributed by atoms with Crippen molar-refractivity contribution in [3.8, 4) is 0 Å². The molecular formula is C14H17N3O2S. The SMILES string of the molecule is Cc1csc(C(C)NC(C)c2ccc([N+](=O)[O-])cc2)n1. The first-order valence-electron chi connectivity index (χ1n) is 6.40. The molecule has 1 heterocycles. The first-order chi connectivity index (χ1) is 9.47. The summed E-state index contributed by atoms with van der Waals surface area (Å²) in [6.07, 6.45) is 0. The number of aromatic nitrogens is 1. The number of thiazole rings is 1. The van der Waals surface area contributed by atoms with E-state index in [0.717, 1.165) is 16.3 Å². The lowest BCUT2D eigenvalue weighted by molar-refractivity contribution is -0.384. The van der Waals surface area contributed by atoms with Crippen LogP contribution in [0.15, 0.2) is 29.6 Å². The van der Waals surface area contributed by atoms with E-state index >= 15 is 0 Å². The van der Waals surface area contributed by atoms with Crippen LogP contribution in [0.2, 0.25) is 0 Å². The molecular weight excluding hydrogens is 274 g/mol. The van der Waals surface area contributed by atoms with Crippen LogP contribution in [0, 0.1) is 17.0 Å². The summed E-state index contributed by atoms with van der Waals surface area (Å²) in [4.78, 5) is 14.7. The van der Waals surface area contributed by atoms with Crippen molar-refractivity contribution in [3.63, 3.8) is 0 Å². The molecule has 2 rings (SSSR count). The molecule has 1 aromatic heterocycles. The third kappa shape index (κ3) is 3.40. The third-order valence-electron chi connectivity index (χ3n) is 3.11. The van der Waals surface area contributed by atoms with Crippen LogP contribution in [-0.4, -0.2) is 9.91 Å². The molecule has 0 aliphatic heterocycles. The molecule has 1 aromatic carbocycles. The average Bonchev–Trinajstić information content (AvgIpc) is 2.85. The van der Waals surface area contributed by atoms with Gasteiger partial charge in [-0.1, -0.05) is 12.1 Å². The van der Waals surface area contributed by atoms with Gasteiger partial charge >= 0.3 is 0 Å². The average molecular weight is 291 g/mol. The van der Waals surface area contributed by atoms with Gasteiger partial charge in [0.15, 0.2) is 0 Å². The lowest BCUT2D eigenvalue weighted by Gasteiger charge is -2.18. The number of nitrogens with one attached hydrogen (secondary N) is 1. The van der Waals surface area contributed by atoms with Gasteiger partial charge in [-0.25, -0.2) is 4.98 Å². The summed E-state index contributed by atoms with van der Waals surface area (Å²) in [5, 5.41) is 17.2. The number of hydrogen-bond acceptors (Lipinski definition) is 5. The summed E-state index contributed by atoms with van der Waals surface area (Å²) in [5.41, 5.74) is 2.17. The number of aryl methyl sites for hydroxylation is 1. The van der Waals surface area contributed by atoms with Crippen molar-refractivity contribution in [2.24, 2.45) is 0 Å². The Bertz CT molecular complexity index is 595. The number of nitro groups is 1. The number of hydrogen-bond donors (Lipinski definition) is 1. The standard InChI is InChI=1S/C14H17N3O2S/c1-9-8-20-14(15-9)11(3)16-10(2)12-4-6-13(7-5-12)17(18)19/h4-8,10-11,16H,1-3H3. The minimum atomic E-state index is -0.386. The third-order valence-corrected chi connectivity index (χ3v) is 4.26. The van der Waals surface area contributed by atoms with Gasteiger partial charge < -0.3 is 5.32 Å². The molecule has 2 unspecified atom stereocenters. The van der Waals surface area contributed by atoms with E-state index in [4.69, 9.17) is 0 Å². The van der Waals surface area contributed by atoms with Gasteiger partial charge in [0.1, 0.15) is 5.01 Å². The van der Waals surface area contributed by atoms with Gasteiger partial charge in [-0.05, 0) is 26.3 Å². The van der Waals surface area contributed by atoms with Gasteiger partial charge in [0, 0.05) is 29.2 Å². The van der Waals surface area contributed by atoms with E-state index in [1.807, 2.05) is 19.2 Å². The second-order valence-electron chi connectivity index (χ2n) is 4.79.